The van der Waals surface area contributed by atoms with Gasteiger partial charge in [-0.2, -0.15) is 0 Å². The number of hydrogen-bond acceptors (Lipinski definition) is 3. The van der Waals surface area contributed by atoms with Gasteiger partial charge in [0.1, 0.15) is 4.83 Å². The minimum atomic E-state index is 1.02. The fourth-order valence-corrected chi connectivity index (χ4v) is 3.74. The molecule has 0 aliphatic rings. The van der Waals surface area contributed by atoms with Crippen molar-refractivity contribution in [3.63, 3.8) is 0 Å². The van der Waals surface area contributed by atoms with Gasteiger partial charge in [-0.05, 0) is 31.2 Å². The largest absolute Gasteiger partial charge is 0.256 e. The molecule has 0 spiro atoms. The molecule has 1 aromatic carbocycles. The Hall–Kier alpha value is -2.26. The Morgan fingerprint density at radius 1 is 0.900 bits per heavy atom. The molecule has 3 heterocycles. The third-order valence-corrected chi connectivity index (χ3v) is 4.59. The summed E-state index contributed by atoms with van der Waals surface area (Å²) in [5.41, 5.74) is 3.26. The first-order chi connectivity index (χ1) is 9.83. The van der Waals surface area contributed by atoms with Gasteiger partial charge in [0.25, 0.3) is 0 Å². The van der Waals surface area contributed by atoms with E-state index >= 15 is 0 Å². The molecule has 0 saturated heterocycles. The molecule has 96 valence electrons. The smallest absolute Gasteiger partial charge is 0.124 e. The van der Waals surface area contributed by atoms with Gasteiger partial charge in [0.15, 0.2) is 0 Å². The van der Waals surface area contributed by atoms with Gasteiger partial charge in [-0.3, -0.25) is 4.98 Å². The lowest BCUT2D eigenvalue weighted by atomic mass is 10.1. The zero-order chi connectivity index (χ0) is 13.5. The van der Waals surface area contributed by atoms with Crippen LogP contribution in [0.2, 0.25) is 0 Å². The van der Waals surface area contributed by atoms with Gasteiger partial charge in [0, 0.05) is 32.9 Å². The molecular weight excluding hydrogens is 264 g/mol. The average Bonchev–Trinajstić information content (AvgIpc) is 2.85. The quantitative estimate of drug-likeness (QED) is 0.498. The van der Waals surface area contributed by atoms with Crippen LogP contribution in [0.3, 0.4) is 0 Å². The van der Waals surface area contributed by atoms with Gasteiger partial charge in [0.2, 0.25) is 0 Å². The molecule has 3 aromatic heterocycles. The highest BCUT2D eigenvalue weighted by atomic mass is 32.1. The van der Waals surface area contributed by atoms with Gasteiger partial charge in [0.05, 0.1) is 5.69 Å². The number of rotatable bonds is 1. The molecule has 0 amide bonds. The predicted molar refractivity (Wildman–Crippen MR) is 85.1 cm³/mol. The van der Waals surface area contributed by atoms with E-state index in [1.165, 1.54) is 21.0 Å². The summed E-state index contributed by atoms with van der Waals surface area (Å²) >= 11 is 1.75. The maximum absolute atomic E-state index is 4.65. The second-order valence-electron chi connectivity index (χ2n) is 4.80. The molecule has 2 nitrogen and oxygen atoms in total. The molecule has 0 atom stereocenters. The molecule has 0 saturated carbocycles. The fraction of sp³-hybridized carbons (Fsp3) is 0.0588. The maximum atomic E-state index is 4.65. The van der Waals surface area contributed by atoms with Crippen LogP contribution in [0.25, 0.3) is 31.6 Å². The van der Waals surface area contributed by atoms with Crippen molar-refractivity contribution < 1.29 is 0 Å². The zero-order valence-corrected chi connectivity index (χ0v) is 11.8. The number of fused-ring (bicyclic) bond motifs is 3. The van der Waals surface area contributed by atoms with Crippen molar-refractivity contribution in [3.05, 3.63) is 60.4 Å². The number of pyridine rings is 2. The summed E-state index contributed by atoms with van der Waals surface area (Å²) in [7, 11) is 0. The van der Waals surface area contributed by atoms with E-state index in [4.69, 9.17) is 0 Å². The second kappa shape index (κ2) is 4.39. The van der Waals surface area contributed by atoms with E-state index in [0.717, 1.165) is 16.2 Å². The number of thiophene rings is 1. The van der Waals surface area contributed by atoms with Crippen molar-refractivity contribution in [1.29, 1.82) is 0 Å². The van der Waals surface area contributed by atoms with E-state index in [1.807, 2.05) is 25.3 Å². The van der Waals surface area contributed by atoms with Crippen LogP contribution in [0, 0.1) is 6.92 Å². The standard InChI is InChI=1S/C17H12N2S/c1-11-8-9-13-12-5-4-6-14(15-7-2-3-10-18-15)16(12)20-17(13)19-11/h2-10H,1H3. The van der Waals surface area contributed by atoms with E-state index < -0.39 is 0 Å². The Labute approximate surface area is 120 Å². The van der Waals surface area contributed by atoms with Gasteiger partial charge in [-0.1, -0.05) is 24.3 Å². The first-order valence-electron chi connectivity index (χ1n) is 6.53. The maximum Gasteiger partial charge on any atom is 0.124 e. The molecule has 0 radical (unpaired) electrons. The lowest BCUT2D eigenvalue weighted by molar-refractivity contribution is 1.27. The summed E-state index contributed by atoms with van der Waals surface area (Å²) < 4.78 is 1.26. The van der Waals surface area contributed by atoms with Crippen LogP contribution in [-0.2, 0) is 0 Å². The molecule has 0 aliphatic carbocycles. The molecule has 20 heavy (non-hydrogen) atoms. The van der Waals surface area contributed by atoms with Gasteiger partial charge >= 0.3 is 0 Å². The van der Waals surface area contributed by atoms with E-state index in [-0.39, 0.29) is 0 Å². The highest BCUT2D eigenvalue weighted by molar-refractivity contribution is 7.26. The molecule has 0 N–H and O–H groups in total. The molecule has 3 heteroatoms. The van der Waals surface area contributed by atoms with Crippen LogP contribution in [0.5, 0.6) is 0 Å². The monoisotopic (exact) mass is 276 g/mol. The van der Waals surface area contributed by atoms with Crippen LogP contribution in [-0.4, -0.2) is 9.97 Å². The van der Waals surface area contributed by atoms with E-state index in [9.17, 15) is 0 Å². The Kier molecular flexibility index (Phi) is 2.54. The third kappa shape index (κ3) is 1.71. The molecule has 0 unspecified atom stereocenters. The Bertz CT molecular complexity index is 910. The summed E-state index contributed by atoms with van der Waals surface area (Å²) in [4.78, 5) is 10.2. The highest BCUT2D eigenvalue weighted by Gasteiger charge is 2.11. The molecule has 4 aromatic rings. The zero-order valence-electron chi connectivity index (χ0n) is 11.0. The summed E-state index contributed by atoms with van der Waals surface area (Å²) in [5.74, 6) is 0. The van der Waals surface area contributed by atoms with Crippen molar-refractivity contribution in [3.8, 4) is 11.3 Å². The van der Waals surface area contributed by atoms with Gasteiger partial charge in [-0.25, -0.2) is 4.98 Å². The van der Waals surface area contributed by atoms with Gasteiger partial charge < -0.3 is 0 Å². The molecule has 0 aliphatic heterocycles. The number of aromatic nitrogens is 2. The van der Waals surface area contributed by atoms with Crippen LogP contribution in [0.1, 0.15) is 5.69 Å². The average molecular weight is 276 g/mol. The Balaban J connectivity index is 2.11. The summed E-state index contributed by atoms with van der Waals surface area (Å²) in [5, 5.41) is 2.49. The fourth-order valence-electron chi connectivity index (χ4n) is 2.50. The summed E-state index contributed by atoms with van der Waals surface area (Å²) in [6.07, 6.45) is 1.84. The highest BCUT2D eigenvalue weighted by Crippen LogP contribution is 2.38. The summed E-state index contributed by atoms with van der Waals surface area (Å²) in [6, 6.07) is 16.7. The van der Waals surface area contributed by atoms with E-state index in [0.29, 0.717) is 0 Å². The molecular formula is C17H12N2S. The van der Waals surface area contributed by atoms with Gasteiger partial charge in [-0.15, -0.1) is 11.3 Å². The molecule has 0 fully saturated rings. The molecule has 4 rings (SSSR count). The SMILES string of the molecule is Cc1ccc2c(n1)sc1c(-c3ccccn3)cccc12. The van der Waals surface area contributed by atoms with E-state index in [1.54, 1.807) is 11.3 Å². The van der Waals surface area contributed by atoms with Crippen molar-refractivity contribution in [2.45, 2.75) is 6.92 Å². The topological polar surface area (TPSA) is 25.8 Å². The second-order valence-corrected chi connectivity index (χ2v) is 5.80. The minimum Gasteiger partial charge on any atom is -0.256 e. The lowest BCUT2D eigenvalue weighted by Gasteiger charge is -2.01. The number of benzene rings is 1. The summed E-state index contributed by atoms with van der Waals surface area (Å²) in [6.45, 7) is 2.03. The van der Waals surface area contributed by atoms with Crippen molar-refractivity contribution >= 4 is 31.6 Å². The van der Waals surface area contributed by atoms with Crippen molar-refractivity contribution in [2.75, 3.05) is 0 Å². The number of hydrogen-bond donors (Lipinski definition) is 0. The van der Waals surface area contributed by atoms with Crippen LogP contribution in [0.15, 0.2) is 54.7 Å². The van der Waals surface area contributed by atoms with E-state index in [2.05, 4.69) is 46.4 Å². The normalized spacial score (nSPS) is 11.2. The van der Waals surface area contributed by atoms with Crippen molar-refractivity contribution in [2.24, 2.45) is 0 Å². The van der Waals surface area contributed by atoms with Crippen LogP contribution >= 0.6 is 11.3 Å². The van der Waals surface area contributed by atoms with Crippen LogP contribution in [0.4, 0.5) is 0 Å². The minimum absolute atomic E-state index is 1.02. The Morgan fingerprint density at radius 3 is 2.70 bits per heavy atom. The Morgan fingerprint density at radius 2 is 1.85 bits per heavy atom. The predicted octanol–water partition coefficient (Wildman–Crippen LogP) is 4.82. The third-order valence-electron chi connectivity index (χ3n) is 3.44. The number of aryl methyl sites for hydroxylation is 1. The van der Waals surface area contributed by atoms with Crippen molar-refractivity contribution in [1.82, 2.24) is 9.97 Å². The first kappa shape index (κ1) is 11.6. The lowest BCUT2D eigenvalue weighted by Crippen LogP contribution is -1.81. The van der Waals surface area contributed by atoms with Crippen LogP contribution < -0.4 is 0 Å². The first-order valence-corrected chi connectivity index (χ1v) is 7.35. The molecule has 0 bridgehead atoms. The number of nitrogens with zero attached hydrogens (tertiary/aromatic N) is 2.